The summed E-state index contributed by atoms with van der Waals surface area (Å²) in [5.41, 5.74) is 18.9. The number of aryl methyl sites for hydroxylation is 2. The highest BCUT2D eigenvalue weighted by molar-refractivity contribution is 14.1. The Balaban J connectivity index is 1.37. The van der Waals surface area contributed by atoms with E-state index in [1.165, 1.54) is 25.8 Å². The maximum atomic E-state index is 5.23. The molecule has 3 aromatic heterocycles. The van der Waals surface area contributed by atoms with Crippen molar-refractivity contribution in [1.82, 2.24) is 19.9 Å². The Morgan fingerprint density at radius 1 is 0.471 bits per heavy atom. The number of fused-ring (bicyclic) bond motifs is 8. The van der Waals surface area contributed by atoms with Crippen molar-refractivity contribution >= 4 is 69.0 Å². The third kappa shape index (κ3) is 6.15. The van der Waals surface area contributed by atoms with Crippen LogP contribution in [0.2, 0.25) is 0 Å². The van der Waals surface area contributed by atoms with Gasteiger partial charge in [-0.05, 0) is 137 Å². The molecule has 4 nitrogen and oxygen atoms in total. The summed E-state index contributed by atoms with van der Waals surface area (Å²) in [6, 6.07) is 45.6. The monoisotopic (exact) mass is 768 g/mol. The summed E-state index contributed by atoms with van der Waals surface area (Å²) in [6.07, 6.45) is 8.45. The van der Waals surface area contributed by atoms with Crippen molar-refractivity contribution in [3.8, 4) is 44.5 Å². The van der Waals surface area contributed by atoms with Crippen molar-refractivity contribution in [1.29, 1.82) is 0 Å². The van der Waals surface area contributed by atoms with Gasteiger partial charge in [0.1, 0.15) is 0 Å². The molecule has 0 radical (unpaired) electrons. The van der Waals surface area contributed by atoms with Gasteiger partial charge in [-0.1, -0.05) is 90.0 Å². The van der Waals surface area contributed by atoms with Crippen LogP contribution in [-0.2, 0) is 0 Å². The molecule has 5 heteroatoms. The highest BCUT2D eigenvalue weighted by atomic mass is 127. The summed E-state index contributed by atoms with van der Waals surface area (Å²) in [5, 5.41) is 0. The number of nitrogens with one attached hydrogen (secondary N) is 2. The van der Waals surface area contributed by atoms with E-state index in [4.69, 9.17) is 9.97 Å². The zero-order valence-corrected chi connectivity index (χ0v) is 30.4. The van der Waals surface area contributed by atoms with Gasteiger partial charge in [0, 0.05) is 36.8 Å². The molecule has 0 aliphatic carbocycles. The van der Waals surface area contributed by atoms with Crippen LogP contribution in [0, 0.1) is 17.4 Å². The van der Waals surface area contributed by atoms with Gasteiger partial charge < -0.3 is 9.97 Å². The number of rotatable bonds is 4. The van der Waals surface area contributed by atoms with Gasteiger partial charge in [-0.3, -0.25) is 0 Å². The molecule has 244 valence electrons. The third-order valence-electron chi connectivity index (χ3n) is 9.54. The van der Waals surface area contributed by atoms with E-state index in [1.807, 2.05) is 0 Å². The van der Waals surface area contributed by atoms with E-state index < -0.39 is 0 Å². The highest BCUT2D eigenvalue weighted by Gasteiger charge is 2.17. The van der Waals surface area contributed by atoms with Crippen molar-refractivity contribution in [3.63, 3.8) is 0 Å². The molecular formula is C46H33IN4. The predicted molar refractivity (Wildman–Crippen MR) is 223 cm³/mol. The van der Waals surface area contributed by atoms with Crippen LogP contribution in [0.5, 0.6) is 0 Å². The molecule has 8 bridgehead atoms. The summed E-state index contributed by atoms with van der Waals surface area (Å²) in [5.74, 6) is 0. The largest absolute Gasteiger partial charge is 0.355 e. The van der Waals surface area contributed by atoms with Gasteiger partial charge in [-0.25, -0.2) is 9.97 Å². The molecule has 0 atom stereocenters. The van der Waals surface area contributed by atoms with Crippen LogP contribution in [0.3, 0.4) is 0 Å². The Kier molecular flexibility index (Phi) is 7.85. The van der Waals surface area contributed by atoms with Gasteiger partial charge in [-0.2, -0.15) is 0 Å². The first-order valence-electron chi connectivity index (χ1n) is 17.1. The molecule has 0 unspecified atom stereocenters. The van der Waals surface area contributed by atoms with E-state index in [0.717, 1.165) is 78.2 Å². The summed E-state index contributed by atoms with van der Waals surface area (Å²) in [6.45, 7) is 4.24. The molecule has 4 aromatic carbocycles. The van der Waals surface area contributed by atoms with Crippen molar-refractivity contribution < 1.29 is 0 Å². The standard InChI is InChI=1S/C46H33IN4/c1-28-6-10-31(11-7-28)44-41-21-18-36(48-41)25-37-20-23-43(50-37)45(32-12-8-29(2)9-13-32)46-40(27-39(51-46)26-38-19-22-42(44)49-38)34-5-3-4-33(24-34)30-14-16-35(47)17-15-30/h3-27,48,51H,1-2H3. The van der Waals surface area contributed by atoms with Crippen LogP contribution in [0.1, 0.15) is 33.9 Å². The number of aromatic amines is 2. The van der Waals surface area contributed by atoms with Crippen LogP contribution in [0.4, 0.5) is 0 Å². The second kappa shape index (κ2) is 12.8. The quantitative estimate of drug-likeness (QED) is 0.175. The smallest absolute Gasteiger partial charge is 0.0737 e. The molecule has 2 aliphatic rings. The number of hydrogen-bond donors (Lipinski definition) is 2. The molecular weight excluding hydrogens is 735 g/mol. The maximum absolute atomic E-state index is 5.23. The maximum Gasteiger partial charge on any atom is 0.0737 e. The van der Waals surface area contributed by atoms with Gasteiger partial charge in [0.15, 0.2) is 0 Å². The Bertz CT molecular complexity index is 2690. The summed E-state index contributed by atoms with van der Waals surface area (Å²) in [7, 11) is 0. The van der Waals surface area contributed by atoms with E-state index in [0.29, 0.717) is 0 Å². The molecule has 0 saturated carbocycles. The summed E-state index contributed by atoms with van der Waals surface area (Å²) >= 11 is 2.36. The molecule has 0 amide bonds. The van der Waals surface area contributed by atoms with Crippen LogP contribution in [-0.4, -0.2) is 19.9 Å². The van der Waals surface area contributed by atoms with Crippen LogP contribution in [0.25, 0.3) is 90.9 Å². The lowest BCUT2D eigenvalue weighted by Gasteiger charge is -2.09. The minimum absolute atomic E-state index is 0.887. The number of H-pyrrole nitrogens is 2. The van der Waals surface area contributed by atoms with Gasteiger partial charge >= 0.3 is 0 Å². The molecule has 0 spiro atoms. The Labute approximate surface area is 310 Å². The summed E-state index contributed by atoms with van der Waals surface area (Å²) < 4.78 is 1.22. The average Bonchev–Trinajstić information content (AvgIpc) is 3.97. The average molecular weight is 769 g/mol. The molecule has 7 aromatic rings. The topological polar surface area (TPSA) is 57.4 Å². The fourth-order valence-electron chi connectivity index (χ4n) is 6.94. The lowest BCUT2D eigenvalue weighted by molar-refractivity contribution is 1.31. The molecule has 2 N–H and O–H groups in total. The number of halogens is 1. The predicted octanol–water partition coefficient (Wildman–Crippen LogP) is 12.5. The fraction of sp³-hybridized carbons (Fsp3) is 0.0435. The van der Waals surface area contributed by atoms with Gasteiger partial charge in [-0.15, -0.1) is 0 Å². The molecule has 0 saturated heterocycles. The zero-order chi connectivity index (χ0) is 34.5. The van der Waals surface area contributed by atoms with Crippen molar-refractivity contribution in [3.05, 3.63) is 165 Å². The van der Waals surface area contributed by atoms with Crippen LogP contribution < -0.4 is 0 Å². The first-order valence-corrected chi connectivity index (χ1v) is 18.2. The molecule has 0 fully saturated rings. The van der Waals surface area contributed by atoms with Crippen molar-refractivity contribution in [2.75, 3.05) is 0 Å². The van der Waals surface area contributed by atoms with Gasteiger partial charge in [0.2, 0.25) is 0 Å². The number of nitrogens with zero attached hydrogens (tertiary/aromatic N) is 2. The van der Waals surface area contributed by atoms with E-state index >= 15 is 0 Å². The third-order valence-corrected chi connectivity index (χ3v) is 10.3. The van der Waals surface area contributed by atoms with Crippen molar-refractivity contribution in [2.24, 2.45) is 0 Å². The molecule has 2 aliphatic heterocycles. The van der Waals surface area contributed by atoms with E-state index in [2.05, 4.69) is 198 Å². The number of hydrogen-bond acceptors (Lipinski definition) is 2. The first kappa shape index (κ1) is 31.2. The van der Waals surface area contributed by atoms with E-state index in [1.54, 1.807) is 0 Å². The summed E-state index contributed by atoms with van der Waals surface area (Å²) in [4.78, 5) is 17.9. The van der Waals surface area contributed by atoms with Crippen LogP contribution >= 0.6 is 22.6 Å². The normalized spacial score (nSPS) is 12.1. The first-order chi connectivity index (χ1) is 24.9. The van der Waals surface area contributed by atoms with Crippen molar-refractivity contribution in [2.45, 2.75) is 13.8 Å². The van der Waals surface area contributed by atoms with Gasteiger partial charge in [0.25, 0.3) is 0 Å². The Morgan fingerprint density at radius 2 is 1.06 bits per heavy atom. The lowest BCUT2D eigenvalue weighted by Crippen LogP contribution is -1.88. The number of benzene rings is 4. The highest BCUT2D eigenvalue weighted by Crippen LogP contribution is 2.38. The number of aromatic nitrogens is 4. The second-order valence-corrected chi connectivity index (χ2v) is 14.5. The Morgan fingerprint density at radius 3 is 1.75 bits per heavy atom. The van der Waals surface area contributed by atoms with Crippen LogP contribution in [0.15, 0.2) is 127 Å². The minimum Gasteiger partial charge on any atom is -0.355 e. The lowest BCUT2D eigenvalue weighted by atomic mass is 9.96. The van der Waals surface area contributed by atoms with E-state index in [9.17, 15) is 0 Å². The second-order valence-electron chi connectivity index (χ2n) is 13.2. The fourth-order valence-corrected chi connectivity index (χ4v) is 7.30. The minimum atomic E-state index is 0.887. The Hall–Kier alpha value is -5.79. The zero-order valence-electron chi connectivity index (χ0n) is 28.2. The molecule has 9 rings (SSSR count). The van der Waals surface area contributed by atoms with Gasteiger partial charge in [0.05, 0.1) is 28.3 Å². The molecule has 5 heterocycles. The molecule has 51 heavy (non-hydrogen) atoms. The SMILES string of the molecule is Cc1ccc(-c2c3nc(cc4cc(-c5cccc(-c6ccc(I)cc6)c5)c([nH]4)c(-c4ccc(C)cc4)c4nc(cc5ccc2[nH]5)C=C4)C=C3)cc1. The van der Waals surface area contributed by atoms with E-state index in [-0.39, 0.29) is 0 Å².